The van der Waals surface area contributed by atoms with Crippen molar-refractivity contribution < 1.29 is 8.42 Å². The number of hydrogen-bond acceptors (Lipinski definition) is 3. The summed E-state index contributed by atoms with van der Waals surface area (Å²) in [4.78, 5) is 3.37. The summed E-state index contributed by atoms with van der Waals surface area (Å²) >= 11 is 0. The van der Waals surface area contributed by atoms with Crippen LogP contribution < -0.4 is 5.32 Å². The SMILES string of the molecule is CCCCN(C(C)CC)S(=O)(=O)c1c[nH]c(CNC)c1. The Hall–Kier alpha value is -0.850. The Morgan fingerprint density at radius 1 is 1.40 bits per heavy atom. The molecular weight excluding hydrogens is 274 g/mol. The summed E-state index contributed by atoms with van der Waals surface area (Å²) in [5.41, 5.74) is 0.880. The van der Waals surface area contributed by atoms with E-state index in [2.05, 4.69) is 17.2 Å². The van der Waals surface area contributed by atoms with Crippen LogP contribution in [0.2, 0.25) is 0 Å². The first-order chi connectivity index (χ1) is 9.47. The van der Waals surface area contributed by atoms with Crippen LogP contribution >= 0.6 is 0 Å². The third kappa shape index (κ3) is 4.07. The van der Waals surface area contributed by atoms with Gasteiger partial charge in [-0.3, -0.25) is 0 Å². The lowest BCUT2D eigenvalue weighted by molar-refractivity contribution is 0.324. The van der Waals surface area contributed by atoms with Crippen LogP contribution in [0.3, 0.4) is 0 Å². The highest BCUT2D eigenvalue weighted by molar-refractivity contribution is 7.89. The fourth-order valence-electron chi connectivity index (χ4n) is 2.09. The van der Waals surface area contributed by atoms with Crippen LogP contribution in [0.4, 0.5) is 0 Å². The number of hydrogen-bond donors (Lipinski definition) is 2. The van der Waals surface area contributed by atoms with E-state index in [4.69, 9.17) is 0 Å². The number of rotatable bonds is 9. The van der Waals surface area contributed by atoms with Crippen molar-refractivity contribution in [2.45, 2.75) is 57.5 Å². The van der Waals surface area contributed by atoms with Crippen LogP contribution in [0, 0.1) is 0 Å². The molecule has 0 aromatic carbocycles. The minimum absolute atomic E-state index is 0.0224. The molecule has 0 bridgehead atoms. The zero-order valence-electron chi connectivity index (χ0n) is 12.9. The van der Waals surface area contributed by atoms with Gasteiger partial charge in [0, 0.05) is 31.0 Å². The van der Waals surface area contributed by atoms with E-state index in [1.54, 1.807) is 16.6 Å². The molecule has 6 heteroatoms. The highest BCUT2D eigenvalue weighted by atomic mass is 32.2. The Morgan fingerprint density at radius 2 is 2.10 bits per heavy atom. The van der Waals surface area contributed by atoms with Gasteiger partial charge in [-0.2, -0.15) is 4.31 Å². The van der Waals surface area contributed by atoms with Crippen LogP contribution in [0.5, 0.6) is 0 Å². The zero-order valence-corrected chi connectivity index (χ0v) is 13.8. The minimum atomic E-state index is -3.41. The topological polar surface area (TPSA) is 65.2 Å². The Balaban J connectivity index is 3.01. The minimum Gasteiger partial charge on any atom is -0.363 e. The second-order valence-corrected chi connectivity index (χ2v) is 7.01. The van der Waals surface area contributed by atoms with Crippen molar-refractivity contribution >= 4 is 10.0 Å². The first-order valence-corrected chi connectivity index (χ1v) is 8.75. The maximum atomic E-state index is 12.7. The van der Waals surface area contributed by atoms with Crippen LogP contribution in [-0.4, -0.2) is 37.3 Å². The van der Waals surface area contributed by atoms with E-state index in [0.717, 1.165) is 25.0 Å². The maximum Gasteiger partial charge on any atom is 0.244 e. The Labute approximate surface area is 122 Å². The third-order valence-corrected chi connectivity index (χ3v) is 5.50. The summed E-state index contributed by atoms with van der Waals surface area (Å²) in [6, 6.07) is 1.74. The molecule has 0 aliphatic carbocycles. The molecule has 0 saturated heterocycles. The molecule has 2 N–H and O–H groups in total. The van der Waals surface area contributed by atoms with Crippen molar-refractivity contribution in [3.8, 4) is 0 Å². The highest BCUT2D eigenvalue weighted by Gasteiger charge is 2.28. The summed E-state index contributed by atoms with van der Waals surface area (Å²) < 4.78 is 27.1. The molecule has 5 nitrogen and oxygen atoms in total. The third-order valence-electron chi connectivity index (χ3n) is 3.50. The maximum absolute atomic E-state index is 12.7. The van der Waals surface area contributed by atoms with Gasteiger partial charge in [0.05, 0.1) is 4.90 Å². The predicted octanol–water partition coefficient (Wildman–Crippen LogP) is 2.32. The largest absolute Gasteiger partial charge is 0.363 e. The first-order valence-electron chi connectivity index (χ1n) is 7.31. The van der Waals surface area contributed by atoms with E-state index < -0.39 is 10.0 Å². The van der Waals surface area contributed by atoms with Gasteiger partial charge < -0.3 is 10.3 Å². The lowest BCUT2D eigenvalue weighted by Gasteiger charge is -2.27. The van der Waals surface area contributed by atoms with E-state index in [1.807, 2.05) is 20.9 Å². The lowest BCUT2D eigenvalue weighted by atomic mass is 10.2. The van der Waals surface area contributed by atoms with Crippen LogP contribution in [0.1, 0.15) is 45.7 Å². The number of nitrogens with zero attached hydrogens (tertiary/aromatic N) is 1. The van der Waals surface area contributed by atoms with Gasteiger partial charge in [0.25, 0.3) is 0 Å². The van der Waals surface area contributed by atoms with E-state index >= 15 is 0 Å². The second kappa shape index (κ2) is 7.81. The van der Waals surface area contributed by atoms with Gasteiger partial charge in [-0.25, -0.2) is 8.42 Å². The smallest absolute Gasteiger partial charge is 0.244 e. The monoisotopic (exact) mass is 301 g/mol. The molecule has 1 atom stereocenters. The highest BCUT2D eigenvalue weighted by Crippen LogP contribution is 2.21. The summed E-state index contributed by atoms with van der Waals surface area (Å²) in [5.74, 6) is 0. The number of nitrogens with one attached hydrogen (secondary N) is 2. The molecule has 0 amide bonds. The average molecular weight is 301 g/mol. The number of aromatic nitrogens is 1. The average Bonchev–Trinajstić information content (AvgIpc) is 2.88. The van der Waals surface area contributed by atoms with E-state index in [0.29, 0.717) is 18.0 Å². The molecule has 116 valence electrons. The molecule has 0 aliphatic heterocycles. The molecule has 0 fully saturated rings. The quantitative estimate of drug-likeness (QED) is 0.735. The van der Waals surface area contributed by atoms with E-state index in [1.165, 1.54) is 0 Å². The molecular formula is C14H27N3O2S. The number of sulfonamides is 1. The first kappa shape index (κ1) is 17.2. The summed E-state index contributed by atoms with van der Waals surface area (Å²) in [6.45, 7) is 7.27. The zero-order chi connectivity index (χ0) is 15.2. The predicted molar refractivity (Wildman–Crippen MR) is 82.1 cm³/mol. The van der Waals surface area contributed by atoms with Crippen LogP contribution in [0.15, 0.2) is 17.2 Å². The van der Waals surface area contributed by atoms with Gasteiger partial charge in [-0.05, 0) is 32.9 Å². The molecule has 0 radical (unpaired) electrons. The summed E-state index contributed by atoms with van der Waals surface area (Å²) in [7, 11) is -1.57. The molecule has 0 aliphatic rings. The van der Waals surface area contributed by atoms with Crippen molar-refractivity contribution in [3.05, 3.63) is 18.0 Å². The standard InChI is InChI=1S/C14H27N3O2S/c1-5-7-8-17(12(3)6-2)20(18,19)14-9-13(10-15-4)16-11-14/h9,11-12,15-16H,5-8,10H2,1-4H3. The van der Waals surface area contributed by atoms with Crippen molar-refractivity contribution in [1.82, 2.24) is 14.6 Å². The molecule has 1 aromatic heterocycles. The summed E-state index contributed by atoms with van der Waals surface area (Å²) in [6.07, 6.45) is 4.28. The van der Waals surface area contributed by atoms with Crippen LogP contribution in [0.25, 0.3) is 0 Å². The van der Waals surface area contributed by atoms with Gasteiger partial charge in [0.2, 0.25) is 10.0 Å². The number of aromatic amines is 1. The number of unbranched alkanes of at least 4 members (excludes halogenated alkanes) is 1. The van der Waals surface area contributed by atoms with Gasteiger partial charge in [0.1, 0.15) is 0 Å². The molecule has 1 heterocycles. The fourth-order valence-corrected chi connectivity index (χ4v) is 3.85. The molecule has 20 heavy (non-hydrogen) atoms. The molecule has 1 aromatic rings. The Kier molecular flexibility index (Phi) is 6.71. The molecule has 0 spiro atoms. The normalized spacial score (nSPS) is 13.8. The van der Waals surface area contributed by atoms with Crippen molar-refractivity contribution in [3.63, 3.8) is 0 Å². The van der Waals surface area contributed by atoms with E-state index in [9.17, 15) is 8.42 Å². The van der Waals surface area contributed by atoms with Gasteiger partial charge in [0.15, 0.2) is 0 Å². The molecule has 0 saturated carbocycles. The van der Waals surface area contributed by atoms with E-state index in [-0.39, 0.29) is 6.04 Å². The van der Waals surface area contributed by atoms with Crippen LogP contribution in [-0.2, 0) is 16.6 Å². The fraction of sp³-hybridized carbons (Fsp3) is 0.714. The van der Waals surface area contributed by atoms with Gasteiger partial charge in [-0.15, -0.1) is 0 Å². The lowest BCUT2D eigenvalue weighted by Crippen LogP contribution is -2.38. The van der Waals surface area contributed by atoms with Gasteiger partial charge in [-0.1, -0.05) is 20.3 Å². The van der Waals surface area contributed by atoms with Crippen molar-refractivity contribution in [2.75, 3.05) is 13.6 Å². The summed E-state index contributed by atoms with van der Waals surface area (Å²) in [5, 5.41) is 3.01. The molecule has 1 rings (SSSR count). The molecule has 1 unspecified atom stereocenters. The number of H-pyrrole nitrogens is 1. The van der Waals surface area contributed by atoms with Gasteiger partial charge >= 0.3 is 0 Å². The second-order valence-electron chi connectivity index (χ2n) is 5.12. The Morgan fingerprint density at radius 3 is 2.65 bits per heavy atom. The Bertz CT molecular complexity index is 496. The van der Waals surface area contributed by atoms with Crippen molar-refractivity contribution in [2.24, 2.45) is 0 Å². The van der Waals surface area contributed by atoms with Crippen molar-refractivity contribution in [1.29, 1.82) is 0 Å².